The summed E-state index contributed by atoms with van der Waals surface area (Å²) in [6.07, 6.45) is 2.33. The second kappa shape index (κ2) is 7.54. The summed E-state index contributed by atoms with van der Waals surface area (Å²) in [6, 6.07) is 14.2. The van der Waals surface area contributed by atoms with Gasteiger partial charge in [0.25, 0.3) is 11.8 Å². The molecule has 6 nitrogen and oxygen atoms in total. The molecule has 6 heteroatoms. The van der Waals surface area contributed by atoms with Gasteiger partial charge in [-0.3, -0.25) is 9.59 Å². The molecular weight excluding hydrogens is 364 g/mol. The minimum atomic E-state index is -0.736. The number of imidazole rings is 1. The van der Waals surface area contributed by atoms with Crippen molar-refractivity contribution in [2.24, 2.45) is 7.05 Å². The number of fused-ring (bicyclic) bond motifs is 1. The van der Waals surface area contributed by atoms with Crippen LogP contribution >= 0.6 is 0 Å². The number of hydrogen-bond acceptors (Lipinski definition) is 3. The highest BCUT2D eigenvalue weighted by atomic mass is 16.2. The van der Waals surface area contributed by atoms with Crippen molar-refractivity contribution in [2.45, 2.75) is 26.3 Å². The summed E-state index contributed by atoms with van der Waals surface area (Å²) in [7, 11) is 1.86. The quantitative estimate of drug-likeness (QED) is 0.748. The van der Waals surface area contributed by atoms with E-state index in [4.69, 9.17) is 0 Å². The highest BCUT2D eigenvalue weighted by Gasteiger charge is 2.39. The van der Waals surface area contributed by atoms with Crippen molar-refractivity contribution < 1.29 is 9.59 Å². The van der Waals surface area contributed by atoms with Gasteiger partial charge in [-0.2, -0.15) is 0 Å². The Morgan fingerprint density at radius 2 is 1.83 bits per heavy atom. The van der Waals surface area contributed by atoms with E-state index in [1.807, 2.05) is 61.9 Å². The average Bonchev–Trinajstić information content (AvgIpc) is 3.11. The molecule has 1 aromatic heterocycles. The lowest BCUT2D eigenvalue weighted by Gasteiger charge is -2.35. The van der Waals surface area contributed by atoms with E-state index in [2.05, 4.69) is 10.3 Å². The van der Waals surface area contributed by atoms with Crippen LogP contribution in [0.3, 0.4) is 0 Å². The van der Waals surface area contributed by atoms with Crippen LogP contribution in [0.1, 0.15) is 38.9 Å². The second-order valence-electron chi connectivity index (χ2n) is 7.49. The van der Waals surface area contributed by atoms with Crippen LogP contribution in [0.25, 0.3) is 0 Å². The molecule has 1 unspecified atom stereocenters. The largest absolute Gasteiger partial charge is 0.335 e. The number of amides is 2. The summed E-state index contributed by atoms with van der Waals surface area (Å²) in [6.45, 7) is 4.49. The van der Waals surface area contributed by atoms with Crippen molar-refractivity contribution in [1.29, 1.82) is 0 Å². The zero-order valence-corrected chi connectivity index (χ0v) is 16.8. The van der Waals surface area contributed by atoms with E-state index in [0.29, 0.717) is 18.5 Å². The summed E-state index contributed by atoms with van der Waals surface area (Å²) in [5.41, 5.74) is 5.19. The highest BCUT2D eigenvalue weighted by Crippen LogP contribution is 2.31. The molecule has 0 fully saturated rings. The van der Waals surface area contributed by atoms with Crippen LogP contribution in [0, 0.1) is 13.8 Å². The normalized spacial score (nSPS) is 15.7. The third-order valence-corrected chi connectivity index (χ3v) is 5.53. The van der Waals surface area contributed by atoms with Gasteiger partial charge in [0.05, 0.1) is 17.7 Å². The van der Waals surface area contributed by atoms with Gasteiger partial charge in [-0.05, 0) is 49.2 Å². The monoisotopic (exact) mass is 388 g/mol. The van der Waals surface area contributed by atoms with E-state index < -0.39 is 6.04 Å². The van der Waals surface area contributed by atoms with E-state index in [1.54, 1.807) is 23.4 Å². The highest BCUT2D eigenvalue weighted by molar-refractivity contribution is 6.02. The van der Waals surface area contributed by atoms with Gasteiger partial charge in [0.2, 0.25) is 0 Å². The van der Waals surface area contributed by atoms with Gasteiger partial charge in [0, 0.05) is 31.3 Å². The fourth-order valence-corrected chi connectivity index (χ4v) is 3.80. The standard InChI is InChI=1S/C23H24N4O2/c1-15-9-10-18(13-16(15)2)25-22(28)21-20-19(24-14-26(20)3)11-12-27(21)23(29)17-7-5-4-6-8-17/h4-10,13-14,21H,11-12H2,1-3H3,(H,25,28). The smallest absolute Gasteiger partial charge is 0.254 e. The fraction of sp³-hybridized carbons (Fsp3) is 0.261. The number of anilines is 1. The first-order chi connectivity index (χ1) is 14.0. The van der Waals surface area contributed by atoms with Crippen LogP contribution in [0.5, 0.6) is 0 Å². The number of carbonyl (C=O) groups excluding carboxylic acids is 2. The molecule has 148 valence electrons. The zero-order chi connectivity index (χ0) is 20.5. The maximum absolute atomic E-state index is 13.4. The maximum Gasteiger partial charge on any atom is 0.254 e. The first kappa shape index (κ1) is 18.9. The summed E-state index contributed by atoms with van der Waals surface area (Å²) < 4.78 is 1.84. The molecule has 1 N–H and O–H groups in total. The first-order valence-electron chi connectivity index (χ1n) is 9.70. The molecule has 3 aromatic rings. The van der Waals surface area contributed by atoms with Gasteiger partial charge in [0.15, 0.2) is 6.04 Å². The lowest BCUT2D eigenvalue weighted by molar-refractivity contribution is -0.121. The van der Waals surface area contributed by atoms with E-state index in [9.17, 15) is 9.59 Å². The Hall–Kier alpha value is -3.41. The van der Waals surface area contributed by atoms with Crippen LogP contribution in [0.2, 0.25) is 0 Å². The molecule has 1 aliphatic rings. The van der Waals surface area contributed by atoms with Crippen molar-refractivity contribution in [3.8, 4) is 0 Å². The van der Waals surface area contributed by atoms with E-state index in [0.717, 1.165) is 28.2 Å². The Bertz CT molecular complexity index is 1070. The molecular formula is C23H24N4O2. The summed E-state index contributed by atoms with van der Waals surface area (Å²) in [5, 5.41) is 3.00. The number of nitrogens with one attached hydrogen (secondary N) is 1. The lowest BCUT2D eigenvalue weighted by Crippen LogP contribution is -2.46. The van der Waals surface area contributed by atoms with Gasteiger partial charge in [-0.15, -0.1) is 0 Å². The number of rotatable bonds is 3. The predicted molar refractivity (Wildman–Crippen MR) is 112 cm³/mol. The minimum absolute atomic E-state index is 0.155. The molecule has 2 amide bonds. The van der Waals surface area contributed by atoms with Crippen LogP contribution < -0.4 is 5.32 Å². The molecule has 0 spiro atoms. The molecule has 4 rings (SSSR count). The maximum atomic E-state index is 13.4. The molecule has 0 bridgehead atoms. The van der Waals surface area contributed by atoms with E-state index in [1.165, 1.54) is 0 Å². The molecule has 29 heavy (non-hydrogen) atoms. The molecule has 0 saturated carbocycles. The van der Waals surface area contributed by atoms with Crippen LogP contribution in [0.4, 0.5) is 5.69 Å². The number of carbonyl (C=O) groups is 2. The topological polar surface area (TPSA) is 67.2 Å². The van der Waals surface area contributed by atoms with Crippen molar-refractivity contribution in [1.82, 2.24) is 14.5 Å². The van der Waals surface area contributed by atoms with Gasteiger partial charge in [-0.1, -0.05) is 24.3 Å². The lowest BCUT2D eigenvalue weighted by atomic mass is 9.99. The first-order valence-corrected chi connectivity index (χ1v) is 9.70. The Morgan fingerprint density at radius 3 is 2.55 bits per heavy atom. The van der Waals surface area contributed by atoms with Crippen molar-refractivity contribution in [3.63, 3.8) is 0 Å². The third kappa shape index (κ3) is 3.53. The Morgan fingerprint density at radius 1 is 1.07 bits per heavy atom. The molecule has 0 saturated heterocycles. The number of benzene rings is 2. The summed E-state index contributed by atoms with van der Waals surface area (Å²) in [4.78, 5) is 32.7. The van der Waals surface area contributed by atoms with Gasteiger partial charge in [-0.25, -0.2) is 4.98 Å². The molecule has 1 atom stereocenters. The number of nitrogens with zero attached hydrogens (tertiary/aromatic N) is 3. The van der Waals surface area contributed by atoms with E-state index in [-0.39, 0.29) is 11.8 Å². The SMILES string of the molecule is Cc1ccc(NC(=O)C2c3c(ncn3C)CCN2C(=O)c2ccccc2)cc1C. The second-order valence-corrected chi connectivity index (χ2v) is 7.49. The Balaban J connectivity index is 1.70. The summed E-state index contributed by atoms with van der Waals surface area (Å²) in [5.74, 6) is -0.389. The molecule has 1 aliphatic heterocycles. The van der Waals surface area contributed by atoms with Gasteiger partial charge < -0.3 is 14.8 Å². The third-order valence-electron chi connectivity index (χ3n) is 5.53. The molecule has 2 aromatic carbocycles. The van der Waals surface area contributed by atoms with Crippen molar-refractivity contribution >= 4 is 17.5 Å². The van der Waals surface area contributed by atoms with Crippen molar-refractivity contribution in [2.75, 3.05) is 11.9 Å². The Kier molecular flexibility index (Phi) is 4.92. The predicted octanol–water partition coefficient (Wildman–Crippen LogP) is 3.42. The molecule has 0 aliphatic carbocycles. The number of hydrogen-bond donors (Lipinski definition) is 1. The van der Waals surface area contributed by atoms with Crippen molar-refractivity contribution in [3.05, 3.63) is 82.9 Å². The molecule has 2 heterocycles. The van der Waals surface area contributed by atoms with Gasteiger partial charge in [0.1, 0.15) is 0 Å². The van der Waals surface area contributed by atoms with Crippen LogP contribution in [-0.4, -0.2) is 32.8 Å². The van der Waals surface area contributed by atoms with Gasteiger partial charge >= 0.3 is 0 Å². The van der Waals surface area contributed by atoms with E-state index >= 15 is 0 Å². The van der Waals surface area contributed by atoms with Crippen LogP contribution in [-0.2, 0) is 18.3 Å². The number of aromatic nitrogens is 2. The van der Waals surface area contributed by atoms with Crippen LogP contribution in [0.15, 0.2) is 54.9 Å². The Labute approximate surface area is 170 Å². The summed E-state index contributed by atoms with van der Waals surface area (Å²) >= 11 is 0. The number of aryl methyl sites for hydroxylation is 3. The zero-order valence-electron chi connectivity index (χ0n) is 16.8. The minimum Gasteiger partial charge on any atom is -0.335 e. The molecule has 0 radical (unpaired) electrons. The fourth-order valence-electron chi connectivity index (χ4n) is 3.80. The average molecular weight is 388 g/mol.